The molecule has 0 spiro atoms. The zero-order valence-corrected chi connectivity index (χ0v) is 12.0. The number of halogens is 1. The molecule has 0 radical (unpaired) electrons. The highest BCUT2D eigenvalue weighted by atomic mass is 35.5. The third-order valence-corrected chi connectivity index (χ3v) is 3.65. The van der Waals surface area contributed by atoms with Crippen LogP contribution in [-0.2, 0) is 6.54 Å². The molecule has 102 valence electrons. The first kappa shape index (κ1) is 14.5. The SMILES string of the molecule is O=C(NCc1ccc(Cl)s1)c1ccncc1C#CCO. The van der Waals surface area contributed by atoms with Gasteiger partial charge in [-0.2, -0.15) is 0 Å². The van der Waals surface area contributed by atoms with Crippen LogP contribution in [0.2, 0.25) is 4.34 Å². The first-order valence-electron chi connectivity index (χ1n) is 5.77. The van der Waals surface area contributed by atoms with Gasteiger partial charge in [-0.25, -0.2) is 0 Å². The van der Waals surface area contributed by atoms with Gasteiger partial charge in [0.1, 0.15) is 6.61 Å². The smallest absolute Gasteiger partial charge is 0.252 e. The molecule has 0 unspecified atom stereocenters. The van der Waals surface area contributed by atoms with Crippen molar-refractivity contribution in [3.8, 4) is 11.8 Å². The number of rotatable bonds is 3. The molecule has 0 aliphatic rings. The summed E-state index contributed by atoms with van der Waals surface area (Å²) in [5.74, 6) is 4.97. The highest BCUT2D eigenvalue weighted by molar-refractivity contribution is 7.16. The van der Waals surface area contributed by atoms with Gasteiger partial charge < -0.3 is 10.4 Å². The van der Waals surface area contributed by atoms with Crippen molar-refractivity contribution < 1.29 is 9.90 Å². The van der Waals surface area contributed by atoms with Crippen molar-refractivity contribution in [3.05, 3.63) is 50.9 Å². The maximum Gasteiger partial charge on any atom is 0.252 e. The number of nitrogens with zero attached hydrogens (tertiary/aromatic N) is 1. The van der Waals surface area contributed by atoms with Crippen LogP contribution in [0.1, 0.15) is 20.8 Å². The van der Waals surface area contributed by atoms with E-state index in [4.69, 9.17) is 16.7 Å². The van der Waals surface area contributed by atoms with E-state index in [0.29, 0.717) is 22.0 Å². The first-order chi connectivity index (χ1) is 9.70. The van der Waals surface area contributed by atoms with Crippen molar-refractivity contribution >= 4 is 28.8 Å². The van der Waals surface area contributed by atoms with Crippen molar-refractivity contribution in [2.24, 2.45) is 0 Å². The maximum atomic E-state index is 12.1. The first-order valence-corrected chi connectivity index (χ1v) is 6.96. The van der Waals surface area contributed by atoms with Crippen molar-refractivity contribution in [2.45, 2.75) is 6.54 Å². The van der Waals surface area contributed by atoms with Crippen LogP contribution in [-0.4, -0.2) is 22.6 Å². The van der Waals surface area contributed by atoms with E-state index < -0.39 is 0 Å². The van der Waals surface area contributed by atoms with Crippen molar-refractivity contribution in [1.29, 1.82) is 0 Å². The quantitative estimate of drug-likeness (QED) is 0.853. The van der Waals surface area contributed by atoms with Crippen molar-refractivity contribution in [3.63, 3.8) is 0 Å². The minimum Gasteiger partial charge on any atom is -0.384 e. The molecule has 0 saturated carbocycles. The number of aromatic nitrogens is 1. The van der Waals surface area contributed by atoms with Gasteiger partial charge in [0.2, 0.25) is 0 Å². The number of aliphatic hydroxyl groups is 1. The van der Waals surface area contributed by atoms with E-state index in [1.165, 1.54) is 23.7 Å². The Morgan fingerprint density at radius 1 is 1.45 bits per heavy atom. The fraction of sp³-hybridized carbons (Fsp3) is 0.143. The molecule has 0 aliphatic heterocycles. The molecule has 2 N–H and O–H groups in total. The molecule has 1 amide bonds. The molecular formula is C14H11ClN2O2S. The third kappa shape index (κ3) is 3.81. The van der Waals surface area contributed by atoms with Crippen LogP contribution < -0.4 is 5.32 Å². The van der Waals surface area contributed by atoms with Crippen molar-refractivity contribution in [1.82, 2.24) is 10.3 Å². The lowest BCUT2D eigenvalue weighted by atomic mass is 10.1. The number of carbonyl (C=O) groups excluding carboxylic acids is 1. The van der Waals surface area contributed by atoms with Gasteiger partial charge in [-0.3, -0.25) is 9.78 Å². The molecule has 2 aromatic heterocycles. The Hall–Kier alpha value is -1.87. The van der Waals surface area contributed by atoms with Gasteiger partial charge in [0.15, 0.2) is 0 Å². The van der Waals surface area contributed by atoms with E-state index in [9.17, 15) is 4.79 Å². The highest BCUT2D eigenvalue weighted by Gasteiger charge is 2.10. The Balaban J connectivity index is 2.09. The van der Waals surface area contributed by atoms with Gasteiger partial charge in [-0.1, -0.05) is 23.4 Å². The monoisotopic (exact) mass is 306 g/mol. The molecule has 2 heterocycles. The summed E-state index contributed by atoms with van der Waals surface area (Å²) in [4.78, 5) is 17.0. The minimum absolute atomic E-state index is 0.237. The predicted octanol–water partition coefficient (Wildman–Crippen LogP) is 2.07. The van der Waals surface area contributed by atoms with Gasteiger partial charge in [0, 0.05) is 17.3 Å². The largest absolute Gasteiger partial charge is 0.384 e. The van der Waals surface area contributed by atoms with Crippen LogP contribution in [0.4, 0.5) is 0 Å². The van der Waals surface area contributed by atoms with Crippen LogP contribution >= 0.6 is 22.9 Å². The average Bonchev–Trinajstić information content (AvgIpc) is 2.88. The maximum absolute atomic E-state index is 12.1. The highest BCUT2D eigenvalue weighted by Crippen LogP contribution is 2.21. The molecular weight excluding hydrogens is 296 g/mol. The predicted molar refractivity (Wildman–Crippen MR) is 78.7 cm³/mol. The summed E-state index contributed by atoms with van der Waals surface area (Å²) in [6.07, 6.45) is 3.03. The molecule has 0 atom stereocenters. The zero-order chi connectivity index (χ0) is 14.4. The fourth-order valence-corrected chi connectivity index (χ4v) is 2.56. The molecule has 2 aromatic rings. The number of amides is 1. The summed E-state index contributed by atoms with van der Waals surface area (Å²) < 4.78 is 0.688. The van der Waals surface area contributed by atoms with Gasteiger partial charge in [-0.15, -0.1) is 11.3 Å². The standard InChI is InChI=1S/C14H11ClN2O2S/c15-13-4-3-11(20-13)9-17-14(19)12-5-6-16-8-10(12)2-1-7-18/h3-6,8,18H,7,9H2,(H,17,19). The fourth-order valence-electron chi connectivity index (χ4n) is 1.54. The Labute approximate surface area is 125 Å². The Kier molecular flexibility index (Phi) is 5.13. The van der Waals surface area contributed by atoms with Crippen LogP contribution in [0.15, 0.2) is 30.6 Å². The lowest BCUT2D eigenvalue weighted by Gasteiger charge is -2.05. The number of carbonyl (C=O) groups is 1. The second-order valence-corrected chi connectivity index (χ2v) is 5.57. The van der Waals surface area contributed by atoms with Gasteiger partial charge >= 0.3 is 0 Å². The summed E-state index contributed by atoms with van der Waals surface area (Å²) in [6, 6.07) is 5.25. The summed E-state index contributed by atoms with van der Waals surface area (Å²) in [5, 5.41) is 11.5. The molecule has 20 heavy (non-hydrogen) atoms. The molecule has 4 nitrogen and oxygen atoms in total. The second kappa shape index (κ2) is 7.06. The van der Waals surface area contributed by atoms with E-state index in [0.717, 1.165) is 4.88 Å². The lowest BCUT2D eigenvalue weighted by molar-refractivity contribution is 0.0951. The number of thiophene rings is 1. The number of aliphatic hydroxyl groups excluding tert-OH is 1. The number of nitrogens with one attached hydrogen (secondary N) is 1. The van der Waals surface area contributed by atoms with E-state index in [-0.39, 0.29) is 12.5 Å². The second-order valence-electron chi connectivity index (χ2n) is 3.77. The van der Waals surface area contributed by atoms with Gasteiger partial charge in [0.05, 0.1) is 22.0 Å². The Morgan fingerprint density at radius 3 is 3.00 bits per heavy atom. The van der Waals surface area contributed by atoms with E-state index in [1.54, 1.807) is 12.1 Å². The summed E-state index contributed by atoms with van der Waals surface area (Å²) in [5.41, 5.74) is 0.923. The number of hydrogen-bond acceptors (Lipinski definition) is 4. The van der Waals surface area contributed by atoms with E-state index in [1.807, 2.05) is 6.07 Å². The normalized spacial score (nSPS) is 9.70. The van der Waals surface area contributed by atoms with Crippen LogP contribution in [0.3, 0.4) is 0 Å². The van der Waals surface area contributed by atoms with Crippen LogP contribution in [0.25, 0.3) is 0 Å². The molecule has 6 heteroatoms. The van der Waals surface area contributed by atoms with Crippen LogP contribution in [0, 0.1) is 11.8 Å². The summed E-state index contributed by atoms with van der Waals surface area (Å²) in [7, 11) is 0. The third-order valence-electron chi connectivity index (χ3n) is 2.42. The molecule has 2 rings (SSSR count). The average molecular weight is 307 g/mol. The number of hydrogen-bond donors (Lipinski definition) is 2. The van der Waals surface area contributed by atoms with E-state index >= 15 is 0 Å². The van der Waals surface area contributed by atoms with Gasteiger partial charge in [-0.05, 0) is 18.2 Å². The molecule has 0 saturated heterocycles. The Morgan fingerprint density at radius 2 is 2.30 bits per heavy atom. The molecule has 0 bridgehead atoms. The number of pyridine rings is 1. The van der Waals surface area contributed by atoms with Crippen molar-refractivity contribution in [2.75, 3.05) is 6.61 Å². The molecule has 0 aromatic carbocycles. The summed E-state index contributed by atoms with van der Waals surface area (Å²) >= 11 is 7.25. The van der Waals surface area contributed by atoms with E-state index in [2.05, 4.69) is 22.1 Å². The van der Waals surface area contributed by atoms with Gasteiger partial charge in [0.25, 0.3) is 5.91 Å². The Bertz CT molecular complexity index is 673. The molecule has 0 aliphatic carbocycles. The molecule has 0 fully saturated rings. The summed E-state index contributed by atoms with van der Waals surface area (Å²) in [6.45, 7) is 0.148. The lowest BCUT2D eigenvalue weighted by Crippen LogP contribution is -2.23. The minimum atomic E-state index is -0.260. The topological polar surface area (TPSA) is 62.2 Å². The zero-order valence-electron chi connectivity index (χ0n) is 10.4. The van der Waals surface area contributed by atoms with Crippen LogP contribution in [0.5, 0.6) is 0 Å².